The van der Waals surface area contributed by atoms with Gasteiger partial charge in [0.1, 0.15) is 0 Å². The summed E-state index contributed by atoms with van der Waals surface area (Å²) in [4.78, 5) is 23.0. The predicted molar refractivity (Wildman–Crippen MR) is 71.4 cm³/mol. The summed E-state index contributed by atoms with van der Waals surface area (Å²) in [6.45, 7) is 2.04. The first kappa shape index (κ1) is 15.0. The molecule has 0 saturated carbocycles. The van der Waals surface area contributed by atoms with Gasteiger partial charge in [-0.2, -0.15) is 0 Å². The smallest absolute Gasteiger partial charge is 0.338 e. The molecule has 98 valence electrons. The first-order chi connectivity index (χ1) is 8.60. The molecule has 0 heterocycles. The van der Waals surface area contributed by atoms with E-state index < -0.39 is 5.97 Å². The summed E-state index contributed by atoms with van der Waals surface area (Å²) in [6.07, 6.45) is 0.195. The minimum atomic E-state index is -0.413. The Bertz CT molecular complexity index is 444. The van der Waals surface area contributed by atoms with Crippen molar-refractivity contribution in [3.05, 3.63) is 34.9 Å². The molecule has 0 unspecified atom stereocenters. The van der Waals surface area contributed by atoms with Gasteiger partial charge in [0.05, 0.1) is 18.1 Å². The van der Waals surface area contributed by atoms with Crippen LogP contribution in [0.2, 0.25) is 0 Å². The van der Waals surface area contributed by atoms with Crippen molar-refractivity contribution in [1.82, 2.24) is 0 Å². The van der Waals surface area contributed by atoms with Gasteiger partial charge < -0.3 is 4.74 Å². The van der Waals surface area contributed by atoms with Gasteiger partial charge in [-0.25, -0.2) is 4.79 Å². The minimum Gasteiger partial charge on any atom is -0.462 e. The van der Waals surface area contributed by atoms with Crippen molar-refractivity contribution < 1.29 is 14.3 Å². The quantitative estimate of drug-likeness (QED) is 0.597. The Morgan fingerprint density at radius 2 is 1.83 bits per heavy atom. The molecule has 0 saturated heterocycles. The van der Waals surface area contributed by atoms with Gasteiger partial charge in [-0.1, -0.05) is 6.07 Å². The normalized spacial score (nSPS) is 10.2. The molecule has 3 nitrogen and oxygen atoms in total. The average Bonchev–Trinajstić information content (AvgIpc) is 2.38. The molecule has 0 fully saturated rings. The van der Waals surface area contributed by atoms with Crippen molar-refractivity contribution >= 4 is 35.0 Å². The zero-order chi connectivity index (χ0) is 13.5. The van der Waals surface area contributed by atoms with E-state index in [2.05, 4.69) is 0 Å². The molecule has 0 bridgehead atoms. The molecule has 1 aromatic carbocycles. The third-order valence-electron chi connectivity index (χ3n) is 2.27. The maximum absolute atomic E-state index is 11.6. The summed E-state index contributed by atoms with van der Waals surface area (Å²) in [6, 6.07) is 5.10. The predicted octanol–water partition coefficient (Wildman–Crippen LogP) is 2.95. The number of carbonyl (C=O) groups excluding carboxylic acids is 2. The highest BCUT2D eigenvalue weighted by Crippen LogP contribution is 2.15. The van der Waals surface area contributed by atoms with Crippen molar-refractivity contribution in [2.24, 2.45) is 0 Å². The van der Waals surface area contributed by atoms with E-state index in [0.717, 1.165) is 11.1 Å². The van der Waals surface area contributed by atoms with Gasteiger partial charge in [0.15, 0.2) is 5.78 Å². The molecule has 5 heteroatoms. The van der Waals surface area contributed by atoms with Crippen molar-refractivity contribution in [3.63, 3.8) is 0 Å². The fourth-order valence-electron chi connectivity index (χ4n) is 1.55. The van der Waals surface area contributed by atoms with Crippen LogP contribution in [0.4, 0.5) is 0 Å². The maximum atomic E-state index is 11.6. The Balaban J connectivity index is 3.01. The van der Waals surface area contributed by atoms with Gasteiger partial charge in [0.2, 0.25) is 0 Å². The monoisotopic (exact) mass is 288 g/mol. The van der Waals surface area contributed by atoms with Crippen LogP contribution in [0.25, 0.3) is 0 Å². The van der Waals surface area contributed by atoms with Crippen LogP contribution in [0.1, 0.15) is 28.4 Å². The van der Waals surface area contributed by atoms with E-state index in [1.165, 1.54) is 0 Å². The van der Waals surface area contributed by atoms with E-state index >= 15 is 0 Å². The van der Waals surface area contributed by atoms with Crippen molar-refractivity contribution in [2.75, 3.05) is 12.5 Å². The van der Waals surface area contributed by atoms with Crippen LogP contribution in [-0.2, 0) is 21.8 Å². The van der Waals surface area contributed by atoms with Crippen LogP contribution < -0.4 is 0 Å². The molecule has 0 N–H and O–H groups in total. The summed E-state index contributed by atoms with van der Waals surface area (Å²) in [5.41, 5.74) is 1.91. The van der Waals surface area contributed by atoms with E-state index in [0.29, 0.717) is 12.2 Å². The van der Waals surface area contributed by atoms with Gasteiger partial charge in [-0.3, -0.25) is 4.79 Å². The number of alkyl halides is 2. The molecule has 18 heavy (non-hydrogen) atoms. The largest absolute Gasteiger partial charge is 0.462 e. The highest BCUT2D eigenvalue weighted by atomic mass is 35.5. The van der Waals surface area contributed by atoms with Crippen molar-refractivity contribution in [3.8, 4) is 0 Å². The number of carbonyl (C=O) groups is 2. The fourth-order valence-corrected chi connectivity index (χ4v) is 1.80. The SMILES string of the molecule is CCOC(=O)c1cc(CCl)cc(CC(=O)CCl)c1. The Hall–Kier alpha value is -1.06. The molecule has 0 atom stereocenters. The number of halogens is 2. The number of hydrogen-bond acceptors (Lipinski definition) is 3. The van der Waals surface area contributed by atoms with Crippen molar-refractivity contribution in [1.29, 1.82) is 0 Å². The number of ketones is 1. The summed E-state index contributed by atoms with van der Waals surface area (Å²) >= 11 is 11.2. The van der Waals surface area contributed by atoms with Crippen LogP contribution in [0.5, 0.6) is 0 Å². The van der Waals surface area contributed by atoms with E-state index in [9.17, 15) is 9.59 Å². The lowest BCUT2D eigenvalue weighted by atomic mass is 10.0. The minimum absolute atomic E-state index is 0.0418. The van der Waals surface area contributed by atoms with Crippen LogP contribution in [-0.4, -0.2) is 24.2 Å². The number of Topliss-reactive ketones (excluding diaryl/α,β-unsaturated/α-hetero) is 1. The number of rotatable bonds is 6. The van der Waals surface area contributed by atoms with E-state index in [1.54, 1.807) is 25.1 Å². The molecule has 0 spiro atoms. The lowest BCUT2D eigenvalue weighted by Crippen LogP contribution is -2.08. The lowest BCUT2D eigenvalue weighted by Gasteiger charge is -2.07. The second-order valence-electron chi connectivity index (χ2n) is 3.74. The standard InChI is InChI=1S/C13H14Cl2O3/c1-2-18-13(17)11-4-9(6-12(16)8-15)3-10(5-11)7-14/h3-5H,2,6-8H2,1H3. The first-order valence-corrected chi connectivity index (χ1v) is 6.61. The molecular weight excluding hydrogens is 275 g/mol. The van der Waals surface area contributed by atoms with E-state index in [4.69, 9.17) is 27.9 Å². The number of ether oxygens (including phenoxy) is 1. The molecule has 0 amide bonds. The number of esters is 1. The van der Waals surface area contributed by atoms with Crippen LogP contribution in [0.15, 0.2) is 18.2 Å². The molecule has 1 aromatic rings. The van der Waals surface area contributed by atoms with Crippen molar-refractivity contribution in [2.45, 2.75) is 19.2 Å². The molecule has 0 aliphatic carbocycles. The van der Waals surface area contributed by atoms with Gasteiger partial charge >= 0.3 is 5.97 Å². The summed E-state index contributed by atoms with van der Waals surface area (Å²) in [7, 11) is 0. The number of benzene rings is 1. The first-order valence-electron chi connectivity index (χ1n) is 5.54. The zero-order valence-electron chi connectivity index (χ0n) is 10.0. The van der Waals surface area contributed by atoms with Gasteiger partial charge in [-0.05, 0) is 30.2 Å². The van der Waals surface area contributed by atoms with Crippen LogP contribution in [0, 0.1) is 0 Å². The van der Waals surface area contributed by atoms with E-state index in [-0.39, 0.29) is 24.0 Å². The van der Waals surface area contributed by atoms with Crippen LogP contribution >= 0.6 is 23.2 Å². The van der Waals surface area contributed by atoms with Gasteiger partial charge in [0.25, 0.3) is 0 Å². The molecule has 0 aliphatic heterocycles. The Labute approximate surface area is 116 Å². The summed E-state index contributed by atoms with van der Waals surface area (Å²) in [5, 5.41) is 0. The summed E-state index contributed by atoms with van der Waals surface area (Å²) < 4.78 is 4.92. The topological polar surface area (TPSA) is 43.4 Å². The Morgan fingerprint density at radius 1 is 1.17 bits per heavy atom. The van der Waals surface area contributed by atoms with E-state index in [1.807, 2.05) is 0 Å². The second-order valence-corrected chi connectivity index (χ2v) is 4.28. The molecular formula is C13H14Cl2O3. The summed E-state index contributed by atoms with van der Waals surface area (Å²) in [5.74, 6) is -0.281. The molecule has 0 aromatic heterocycles. The van der Waals surface area contributed by atoms with Gasteiger partial charge in [-0.15, -0.1) is 23.2 Å². The highest BCUT2D eigenvalue weighted by Gasteiger charge is 2.11. The number of hydrogen-bond donors (Lipinski definition) is 0. The molecule has 0 radical (unpaired) electrons. The zero-order valence-corrected chi connectivity index (χ0v) is 11.6. The maximum Gasteiger partial charge on any atom is 0.338 e. The molecule has 0 aliphatic rings. The second kappa shape index (κ2) is 7.39. The highest BCUT2D eigenvalue weighted by molar-refractivity contribution is 6.27. The van der Waals surface area contributed by atoms with Gasteiger partial charge in [0, 0.05) is 12.3 Å². The fraction of sp³-hybridized carbons (Fsp3) is 0.385. The lowest BCUT2D eigenvalue weighted by molar-refractivity contribution is -0.116. The third-order valence-corrected chi connectivity index (χ3v) is 2.88. The Kier molecular flexibility index (Phi) is 6.16. The Morgan fingerprint density at radius 3 is 2.39 bits per heavy atom. The third kappa shape index (κ3) is 4.31. The molecule has 1 rings (SSSR count). The average molecular weight is 289 g/mol. The van der Waals surface area contributed by atoms with Crippen LogP contribution in [0.3, 0.4) is 0 Å².